The van der Waals surface area contributed by atoms with Gasteiger partial charge in [0.25, 0.3) is 0 Å². The van der Waals surface area contributed by atoms with Gasteiger partial charge in [-0.2, -0.15) is 13.2 Å². The van der Waals surface area contributed by atoms with Gasteiger partial charge >= 0.3 is 6.18 Å². The molecule has 0 amide bonds. The maximum absolute atomic E-state index is 12.0. The SMILES string of the molecule is CC1CCNC(C2CC2)CN1CCOCC(F)(F)F. The molecule has 2 atom stereocenters. The van der Waals surface area contributed by atoms with Crippen molar-refractivity contribution in [1.29, 1.82) is 0 Å². The van der Waals surface area contributed by atoms with E-state index < -0.39 is 12.8 Å². The van der Waals surface area contributed by atoms with Crippen molar-refractivity contribution in [3.05, 3.63) is 0 Å². The van der Waals surface area contributed by atoms with Crippen LogP contribution in [0.15, 0.2) is 0 Å². The number of nitrogens with one attached hydrogen (secondary N) is 1. The Labute approximate surface area is 112 Å². The van der Waals surface area contributed by atoms with Crippen LogP contribution in [0.4, 0.5) is 13.2 Å². The van der Waals surface area contributed by atoms with E-state index in [-0.39, 0.29) is 6.61 Å². The summed E-state index contributed by atoms with van der Waals surface area (Å²) in [6.45, 7) is 3.67. The fourth-order valence-corrected chi connectivity index (χ4v) is 2.65. The van der Waals surface area contributed by atoms with Gasteiger partial charge in [0.2, 0.25) is 0 Å². The molecule has 1 heterocycles. The average Bonchev–Trinajstić information content (AvgIpc) is 3.11. The van der Waals surface area contributed by atoms with Crippen LogP contribution in [0.5, 0.6) is 0 Å². The lowest BCUT2D eigenvalue weighted by molar-refractivity contribution is -0.174. The molecule has 6 heteroatoms. The number of hydrogen-bond acceptors (Lipinski definition) is 3. The molecule has 19 heavy (non-hydrogen) atoms. The second-order valence-corrected chi connectivity index (χ2v) is 5.70. The summed E-state index contributed by atoms with van der Waals surface area (Å²) in [6, 6.07) is 0.915. The molecular weight excluding hydrogens is 257 g/mol. The lowest BCUT2D eigenvalue weighted by Gasteiger charge is -2.29. The van der Waals surface area contributed by atoms with Crippen LogP contribution in [-0.4, -0.2) is 56.0 Å². The van der Waals surface area contributed by atoms with E-state index >= 15 is 0 Å². The van der Waals surface area contributed by atoms with Gasteiger partial charge in [-0.1, -0.05) is 0 Å². The van der Waals surface area contributed by atoms with E-state index in [1.165, 1.54) is 12.8 Å². The minimum absolute atomic E-state index is 0.154. The molecule has 1 N–H and O–H groups in total. The van der Waals surface area contributed by atoms with Gasteiger partial charge in [0.1, 0.15) is 6.61 Å². The minimum atomic E-state index is -4.22. The molecule has 1 saturated carbocycles. The van der Waals surface area contributed by atoms with Crippen LogP contribution >= 0.6 is 0 Å². The van der Waals surface area contributed by atoms with Crippen molar-refractivity contribution in [2.75, 3.05) is 32.8 Å². The third-order valence-corrected chi connectivity index (χ3v) is 4.00. The summed E-state index contributed by atoms with van der Waals surface area (Å²) in [4.78, 5) is 2.26. The Morgan fingerprint density at radius 1 is 1.26 bits per heavy atom. The van der Waals surface area contributed by atoms with Gasteiger partial charge in [0.15, 0.2) is 0 Å². The molecular formula is C13H23F3N2O. The highest BCUT2D eigenvalue weighted by molar-refractivity contribution is 4.91. The van der Waals surface area contributed by atoms with Crippen LogP contribution in [-0.2, 0) is 4.74 Å². The molecule has 0 aromatic rings. The Morgan fingerprint density at radius 2 is 2.00 bits per heavy atom. The molecule has 2 rings (SSSR count). The number of nitrogens with zero attached hydrogens (tertiary/aromatic N) is 1. The average molecular weight is 280 g/mol. The summed E-state index contributed by atoms with van der Waals surface area (Å²) in [5, 5.41) is 3.56. The predicted molar refractivity (Wildman–Crippen MR) is 67.0 cm³/mol. The van der Waals surface area contributed by atoms with E-state index in [1.807, 2.05) is 0 Å². The normalized spacial score (nSPS) is 30.3. The zero-order valence-corrected chi connectivity index (χ0v) is 11.4. The molecule has 0 bridgehead atoms. The lowest BCUT2D eigenvalue weighted by Crippen LogP contribution is -2.42. The summed E-state index contributed by atoms with van der Waals surface area (Å²) < 4.78 is 40.7. The Hall–Kier alpha value is -0.330. The van der Waals surface area contributed by atoms with E-state index in [2.05, 4.69) is 17.1 Å². The summed E-state index contributed by atoms with van der Waals surface area (Å²) >= 11 is 0. The fraction of sp³-hybridized carbons (Fsp3) is 1.00. The molecule has 2 unspecified atom stereocenters. The van der Waals surface area contributed by atoms with Gasteiger partial charge in [-0.05, 0) is 38.6 Å². The van der Waals surface area contributed by atoms with E-state index in [4.69, 9.17) is 4.74 Å². The maximum Gasteiger partial charge on any atom is 0.411 e. The first-order valence-electron chi connectivity index (χ1n) is 7.07. The molecule has 2 aliphatic rings. The van der Waals surface area contributed by atoms with Crippen LogP contribution in [0.2, 0.25) is 0 Å². The van der Waals surface area contributed by atoms with E-state index in [0.29, 0.717) is 18.6 Å². The van der Waals surface area contributed by atoms with Crippen LogP contribution in [0.1, 0.15) is 26.2 Å². The molecule has 2 fully saturated rings. The Balaban J connectivity index is 1.72. The van der Waals surface area contributed by atoms with Crippen molar-refractivity contribution in [1.82, 2.24) is 10.2 Å². The van der Waals surface area contributed by atoms with Crippen molar-refractivity contribution in [3.8, 4) is 0 Å². The van der Waals surface area contributed by atoms with E-state index in [1.54, 1.807) is 0 Å². The first-order valence-corrected chi connectivity index (χ1v) is 7.07. The third kappa shape index (κ3) is 5.28. The molecule has 0 aromatic heterocycles. The van der Waals surface area contributed by atoms with Crippen molar-refractivity contribution in [2.24, 2.45) is 5.92 Å². The Morgan fingerprint density at radius 3 is 2.63 bits per heavy atom. The number of alkyl halides is 3. The van der Waals surface area contributed by atoms with Crippen LogP contribution in [0.3, 0.4) is 0 Å². The van der Waals surface area contributed by atoms with E-state index in [0.717, 1.165) is 25.4 Å². The smallest absolute Gasteiger partial charge is 0.371 e. The fourth-order valence-electron chi connectivity index (χ4n) is 2.65. The highest BCUT2D eigenvalue weighted by atomic mass is 19.4. The molecule has 0 radical (unpaired) electrons. The molecule has 1 aliphatic carbocycles. The summed E-state index contributed by atoms with van der Waals surface area (Å²) in [5.74, 6) is 0.767. The summed E-state index contributed by atoms with van der Waals surface area (Å²) in [7, 11) is 0. The zero-order chi connectivity index (χ0) is 13.9. The van der Waals surface area contributed by atoms with Crippen molar-refractivity contribution >= 4 is 0 Å². The second-order valence-electron chi connectivity index (χ2n) is 5.70. The largest absolute Gasteiger partial charge is 0.411 e. The molecule has 112 valence electrons. The number of hydrogen-bond donors (Lipinski definition) is 1. The Kier molecular flexibility index (Phi) is 5.09. The monoisotopic (exact) mass is 280 g/mol. The highest BCUT2D eigenvalue weighted by Crippen LogP contribution is 2.33. The minimum Gasteiger partial charge on any atom is -0.371 e. The number of rotatable bonds is 5. The van der Waals surface area contributed by atoms with Gasteiger partial charge in [0, 0.05) is 25.2 Å². The molecule has 1 aliphatic heterocycles. The van der Waals surface area contributed by atoms with Crippen molar-refractivity contribution in [2.45, 2.75) is 44.4 Å². The standard InChI is InChI=1S/C13H23F3N2O/c1-10-4-5-17-12(11-2-3-11)8-18(10)6-7-19-9-13(14,15)16/h10-12,17H,2-9H2,1H3. The van der Waals surface area contributed by atoms with Crippen molar-refractivity contribution in [3.63, 3.8) is 0 Å². The highest BCUT2D eigenvalue weighted by Gasteiger charge is 2.34. The van der Waals surface area contributed by atoms with Gasteiger partial charge < -0.3 is 10.1 Å². The predicted octanol–water partition coefficient (Wildman–Crippen LogP) is 2.03. The Bertz CT molecular complexity index is 282. The van der Waals surface area contributed by atoms with E-state index in [9.17, 15) is 13.2 Å². The van der Waals surface area contributed by atoms with Gasteiger partial charge in [0.05, 0.1) is 6.61 Å². The van der Waals surface area contributed by atoms with Crippen LogP contribution in [0.25, 0.3) is 0 Å². The third-order valence-electron chi connectivity index (χ3n) is 4.00. The van der Waals surface area contributed by atoms with Crippen LogP contribution < -0.4 is 5.32 Å². The first-order chi connectivity index (χ1) is 8.96. The van der Waals surface area contributed by atoms with Gasteiger partial charge in [-0.15, -0.1) is 0 Å². The molecule has 0 spiro atoms. The van der Waals surface area contributed by atoms with Crippen LogP contribution in [0, 0.1) is 5.92 Å². The number of halogens is 3. The van der Waals surface area contributed by atoms with Crippen molar-refractivity contribution < 1.29 is 17.9 Å². The lowest BCUT2D eigenvalue weighted by atomic mass is 10.1. The number of ether oxygens (including phenoxy) is 1. The summed E-state index contributed by atoms with van der Waals surface area (Å²) in [6.07, 6.45) is -0.611. The molecule has 0 aromatic carbocycles. The molecule has 1 saturated heterocycles. The van der Waals surface area contributed by atoms with Gasteiger partial charge in [-0.3, -0.25) is 4.90 Å². The summed E-state index contributed by atoms with van der Waals surface area (Å²) in [5.41, 5.74) is 0. The zero-order valence-electron chi connectivity index (χ0n) is 11.4. The van der Waals surface area contributed by atoms with Gasteiger partial charge in [-0.25, -0.2) is 0 Å². The molecule has 3 nitrogen and oxygen atoms in total. The first kappa shape index (κ1) is 15.1. The maximum atomic E-state index is 12.0. The quantitative estimate of drug-likeness (QED) is 0.780. The topological polar surface area (TPSA) is 24.5 Å². The second kappa shape index (κ2) is 6.41.